The SMILES string of the molecule is CCCNc1nc(Oc2cc(F)ccc2Br)c(Cl)cc1Cl. The fourth-order valence-corrected chi connectivity index (χ4v) is 2.34. The maximum Gasteiger partial charge on any atom is 0.240 e. The topological polar surface area (TPSA) is 34.2 Å². The summed E-state index contributed by atoms with van der Waals surface area (Å²) in [5, 5.41) is 3.72. The molecule has 0 saturated carbocycles. The number of halogens is 4. The van der Waals surface area contributed by atoms with Crippen LogP contribution in [0, 0.1) is 5.82 Å². The van der Waals surface area contributed by atoms with E-state index in [1.165, 1.54) is 18.2 Å². The molecule has 1 aromatic carbocycles. The number of hydrogen-bond acceptors (Lipinski definition) is 3. The van der Waals surface area contributed by atoms with Crippen molar-refractivity contribution in [3.63, 3.8) is 0 Å². The third-order valence-electron chi connectivity index (χ3n) is 2.54. The normalized spacial score (nSPS) is 10.5. The number of hydrogen-bond donors (Lipinski definition) is 1. The minimum atomic E-state index is -0.414. The van der Waals surface area contributed by atoms with Gasteiger partial charge in [0.2, 0.25) is 5.88 Å². The monoisotopic (exact) mass is 392 g/mol. The van der Waals surface area contributed by atoms with Gasteiger partial charge < -0.3 is 10.1 Å². The number of pyridine rings is 1. The van der Waals surface area contributed by atoms with Crippen molar-refractivity contribution in [2.75, 3.05) is 11.9 Å². The van der Waals surface area contributed by atoms with Gasteiger partial charge in [0.15, 0.2) is 0 Å². The van der Waals surface area contributed by atoms with Crippen molar-refractivity contribution in [3.8, 4) is 11.6 Å². The van der Waals surface area contributed by atoms with Crippen LogP contribution >= 0.6 is 39.1 Å². The molecule has 0 unspecified atom stereocenters. The number of nitrogens with one attached hydrogen (secondary N) is 1. The molecule has 0 aliphatic rings. The highest BCUT2D eigenvalue weighted by Gasteiger charge is 2.13. The van der Waals surface area contributed by atoms with Crippen LogP contribution < -0.4 is 10.1 Å². The number of anilines is 1. The van der Waals surface area contributed by atoms with Gasteiger partial charge >= 0.3 is 0 Å². The Labute approximate surface area is 140 Å². The average Bonchev–Trinajstić information content (AvgIpc) is 2.44. The van der Waals surface area contributed by atoms with Gasteiger partial charge in [-0.1, -0.05) is 30.1 Å². The first kappa shape index (κ1) is 16.3. The Morgan fingerprint density at radius 2 is 2.05 bits per heavy atom. The number of nitrogens with zero attached hydrogens (tertiary/aromatic N) is 1. The molecule has 0 saturated heterocycles. The van der Waals surface area contributed by atoms with E-state index < -0.39 is 5.82 Å². The summed E-state index contributed by atoms with van der Waals surface area (Å²) in [5.41, 5.74) is 0. The molecule has 0 atom stereocenters. The van der Waals surface area contributed by atoms with Crippen LogP contribution in [-0.4, -0.2) is 11.5 Å². The molecule has 0 spiro atoms. The maximum absolute atomic E-state index is 13.3. The molecule has 2 rings (SSSR count). The Kier molecular flexibility index (Phi) is 5.67. The van der Waals surface area contributed by atoms with Crippen LogP contribution in [0.1, 0.15) is 13.3 Å². The first-order chi connectivity index (χ1) is 10.0. The van der Waals surface area contributed by atoms with Crippen LogP contribution in [-0.2, 0) is 0 Å². The van der Waals surface area contributed by atoms with E-state index in [9.17, 15) is 4.39 Å². The minimum absolute atomic E-state index is 0.158. The molecule has 0 aliphatic heterocycles. The van der Waals surface area contributed by atoms with Crippen LogP contribution in [0.15, 0.2) is 28.7 Å². The van der Waals surface area contributed by atoms with Crippen LogP contribution in [0.5, 0.6) is 11.6 Å². The van der Waals surface area contributed by atoms with Crippen molar-refractivity contribution in [1.82, 2.24) is 4.98 Å². The number of benzene rings is 1. The van der Waals surface area contributed by atoms with Crippen molar-refractivity contribution in [3.05, 3.63) is 44.6 Å². The second-order valence-corrected chi connectivity index (χ2v) is 5.88. The van der Waals surface area contributed by atoms with Gasteiger partial charge in [0, 0.05) is 12.6 Å². The van der Waals surface area contributed by atoms with Gasteiger partial charge in [-0.25, -0.2) is 4.39 Å². The number of ether oxygens (including phenoxy) is 1. The zero-order valence-electron chi connectivity index (χ0n) is 11.1. The molecule has 1 N–H and O–H groups in total. The second kappa shape index (κ2) is 7.29. The summed E-state index contributed by atoms with van der Waals surface area (Å²) in [7, 11) is 0. The van der Waals surface area contributed by atoms with E-state index in [2.05, 4.69) is 26.2 Å². The molecule has 0 radical (unpaired) electrons. The van der Waals surface area contributed by atoms with Crippen LogP contribution in [0.2, 0.25) is 10.0 Å². The van der Waals surface area contributed by atoms with Crippen molar-refractivity contribution >= 4 is 44.9 Å². The van der Waals surface area contributed by atoms with E-state index in [0.717, 1.165) is 13.0 Å². The summed E-state index contributed by atoms with van der Waals surface area (Å²) in [6, 6.07) is 5.65. The van der Waals surface area contributed by atoms with E-state index in [0.29, 0.717) is 15.3 Å². The molecule has 0 fully saturated rings. The van der Waals surface area contributed by atoms with Gasteiger partial charge in [-0.2, -0.15) is 4.98 Å². The van der Waals surface area contributed by atoms with E-state index >= 15 is 0 Å². The highest BCUT2D eigenvalue weighted by Crippen LogP contribution is 2.36. The van der Waals surface area contributed by atoms with Gasteiger partial charge in [-0.3, -0.25) is 0 Å². The third-order valence-corrected chi connectivity index (χ3v) is 3.75. The lowest BCUT2D eigenvalue weighted by Gasteiger charge is -2.12. The largest absolute Gasteiger partial charge is 0.436 e. The average molecular weight is 394 g/mol. The first-order valence-corrected chi connectivity index (χ1v) is 7.79. The molecule has 2 aromatic rings. The van der Waals surface area contributed by atoms with Gasteiger partial charge in [0.1, 0.15) is 22.4 Å². The Bertz CT molecular complexity index is 655. The molecule has 21 heavy (non-hydrogen) atoms. The lowest BCUT2D eigenvalue weighted by Crippen LogP contribution is -2.03. The van der Waals surface area contributed by atoms with Crippen LogP contribution in [0.25, 0.3) is 0 Å². The molecule has 112 valence electrons. The smallest absolute Gasteiger partial charge is 0.240 e. The molecule has 1 heterocycles. The van der Waals surface area contributed by atoms with E-state index in [-0.39, 0.29) is 16.7 Å². The van der Waals surface area contributed by atoms with E-state index in [1.807, 2.05) is 6.92 Å². The Morgan fingerprint density at radius 3 is 2.76 bits per heavy atom. The van der Waals surface area contributed by atoms with E-state index in [4.69, 9.17) is 27.9 Å². The summed E-state index contributed by atoms with van der Waals surface area (Å²) in [6.07, 6.45) is 0.923. The summed E-state index contributed by atoms with van der Waals surface area (Å²) in [5.74, 6) is 0.507. The molecule has 3 nitrogen and oxygen atoms in total. The van der Waals surface area contributed by atoms with Crippen molar-refractivity contribution in [2.24, 2.45) is 0 Å². The van der Waals surface area contributed by atoms with Crippen molar-refractivity contribution in [1.29, 1.82) is 0 Å². The molecule has 1 aromatic heterocycles. The van der Waals surface area contributed by atoms with Gasteiger partial charge in [0.25, 0.3) is 0 Å². The van der Waals surface area contributed by atoms with E-state index in [1.54, 1.807) is 6.07 Å². The third kappa shape index (κ3) is 4.22. The number of rotatable bonds is 5. The summed E-state index contributed by atoms with van der Waals surface area (Å²) in [6.45, 7) is 2.75. The quantitative estimate of drug-likeness (QED) is 0.686. The minimum Gasteiger partial charge on any atom is -0.436 e. The molecule has 0 amide bonds. The fourth-order valence-electron chi connectivity index (χ4n) is 1.55. The molecule has 0 aliphatic carbocycles. The molecule has 7 heteroatoms. The lowest BCUT2D eigenvalue weighted by molar-refractivity contribution is 0.456. The standard InChI is InChI=1S/C14H12BrCl2FN2O/c1-2-5-19-13-10(16)7-11(17)14(20-13)21-12-6-8(18)3-4-9(12)15/h3-4,6-7H,2,5H2,1H3,(H,19,20). The van der Waals surface area contributed by atoms with Gasteiger partial charge in [-0.05, 0) is 40.5 Å². The Hall–Kier alpha value is -1.04. The van der Waals surface area contributed by atoms with Gasteiger partial charge in [-0.15, -0.1) is 0 Å². The zero-order chi connectivity index (χ0) is 15.4. The van der Waals surface area contributed by atoms with Gasteiger partial charge in [0.05, 0.1) is 9.50 Å². The highest BCUT2D eigenvalue weighted by atomic mass is 79.9. The van der Waals surface area contributed by atoms with Crippen LogP contribution in [0.4, 0.5) is 10.2 Å². The highest BCUT2D eigenvalue weighted by molar-refractivity contribution is 9.10. The second-order valence-electron chi connectivity index (χ2n) is 4.21. The lowest BCUT2D eigenvalue weighted by atomic mass is 10.3. The van der Waals surface area contributed by atoms with Crippen molar-refractivity contribution in [2.45, 2.75) is 13.3 Å². The maximum atomic E-state index is 13.3. The predicted octanol–water partition coefficient (Wildman–Crippen LogP) is 5.90. The summed E-state index contributed by atoms with van der Waals surface area (Å²) < 4.78 is 19.4. The fraction of sp³-hybridized carbons (Fsp3) is 0.214. The van der Waals surface area contributed by atoms with Crippen LogP contribution in [0.3, 0.4) is 0 Å². The zero-order valence-corrected chi connectivity index (χ0v) is 14.2. The molecular weight excluding hydrogens is 382 g/mol. The predicted molar refractivity (Wildman–Crippen MR) is 87.2 cm³/mol. The summed E-state index contributed by atoms with van der Waals surface area (Å²) in [4.78, 5) is 4.23. The first-order valence-electron chi connectivity index (χ1n) is 6.24. The molecule has 0 bridgehead atoms. The molecular formula is C14H12BrCl2FN2O. The summed E-state index contributed by atoms with van der Waals surface area (Å²) >= 11 is 15.4. The Morgan fingerprint density at radius 1 is 1.29 bits per heavy atom. The van der Waals surface area contributed by atoms with Crippen molar-refractivity contribution < 1.29 is 9.13 Å². The number of aromatic nitrogens is 1. The Balaban J connectivity index is 2.32.